The molecule has 0 saturated carbocycles. The standard InChI is InChI=1S/C23H23N3O2/c24-23(28)20-11-13-21(14-12-20)25-22(27)17-26(15-18-7-3-1-4-8-18)16-19-9-5-2-6-10-19/h1-14H,15-17H2,(H2,24,28)(H,25,27). The maximum Gasteiger partial charge on any atom is 0.248 e. The fourth-order valence-electron chi connectivity index (χ4n) is 2.97. The van der Waals surface area contributed by atoms with Crippen LogP contribution in [0.5, 0.6) is 0 Å². The van der Waals surface area contributed by atoms with Crippen LogP contribution in [-0.4, -0.2) is 23.3 Å². The molecule has 0 aliphatic heterocycles. The number of benzene rings is 3. The molecule has 0 radical (unpaired) electrons. The zero-order valence-electron chi connectivity index (χ0n) is 15.5. The Morgan fingerprint density at radius 1 is 0.750 bits per heavy atom. The summed E-state index contributed by atoms with van der Waals surface area (Å²) in [6, 6.07) is 26.7. The maximum absolute atomic E-state index is 12.6. The van der Waals surface area contributed by atoms with E-state index in [-0.39, 0.29) is 12.5 Å². The smallest absolute Gasteiger partial charge is 0.248 e. The molecule has 0 bridgehead atoms. The molecule has 0 heterocycles. The van der Waals surface area contributed by atoms with Crippen LogP contribution in [0.15, 0.2) is 84.9 Å². The van der Waals surface area contributed by atoms with Crippen molar-refractivity contribution in [3.63, 3.8) is 0 Å². The number of nitrogens with one attached hydrogen (secondary N) is 1. The molecule has 0 fully saturated rings. The lowest BCUT2D eigenvalue weighted by atomic mass is 10.1. The molecule has 3 rings (SSSR count). The van der Waals surface area contributed by atoms with E-state index in [1.54, 1.807) is 24.3 Å². The van der Waals surface area contributed by atoms with Crippen LogP contribution in [0.2, 0.25) is 0 Å². The first-order chi connectivity index (χ1) is 13.6. The van der Waals surface area contributed by atoms with Gasteiger partial charge in [-0.1, -0.05) is 60.7 Å². The Morgan fingerprint density at radius 3 is 1.71 bits per heavy atom. The van der Waals surface area contributed by atoms with Crippen molar-refractivity contribution in [1.82, 2.24) is 4.90 Å². The molecule has 3 N–H and O–H groups in total. The summed E-state index contributed by atoms with van der Waals surface area (Å²) in [5.74, 6) is -0.603. The van der Waals surface area contributed by atoms with E-state index in [0.29, 0.717) is 24.3 Å². The highest BCUT2D eigenvalue weighted by Gasteiger charge is 2.13. The molecule has 142 valence electrons. The highest BCUT2D eigenvalue weighted by molar-refractivity contribution is 5.95. The van der Waals surface area contributed by atoms with Crippen LogP contribution >= 0.6 is 0 Å². The summed E-state index contributed by atoms with van der Waals surface area (Å²) in [7, 11) is 0. The van der Waals surface area contributed by atoms with Crippen LogP contribution in [0, 0.1) is 0 Å². The van der Waals surface area contributed by atoms with Gasteiger partial charge >= 0.3 is 0 Å². The monoisotopic (exact) mass is 373 g/mol. The highest BCUT2D eigenvalue weighted by Crippen LogP contribution is 2.12. The van der Waals surface area contributed by atoms with Crippen molar-refractivity contribution in [3.8, 4) is 0 Å². The van der Waals surface area contributed by atoms with Crippen molar-refractivity contribution in [1.29, 1.82) is 0 Å². The van der Waals surface area contributed by atoms with Gasteiger partial charge in [0.25, 0.3) is 0 Å². The quantitative estimate of drug-likeness (QED) is 0.635. The molecular formula is C23H23N3O2. The van der Waals surface area contributed by atoms with Gasteiger partial charge in [-0.05, 0) is 35.4 Å². The van der Waals surface area contributed by atoms with Crippen molar-refractivity contribution in [2.75, 3.05) is 11.9 Å². The molecule has 0 atom stereocenters. The van der Waals surface area contributed by atoms with E-state index in [0.717, 1.165) is 11.1 Å². The molecule has 0 aliphatic carbocycles. The fourth-order valence-corrected chi connectivity index (χ4v) is 2.97. The summed E-state index contributed by atoms with van der Waals surface area (Å²) in [5, 5.41) is 2.88. The minimum absolute atomic E-state index is 0.112. The summed E-state index contributed by atoms with van der Waals surface area (Å²) in [6.45, 7) is 1.59. The van der Waals surface area contributed by atoms with Gasteiger partial charge in [-0.15, -0.1) is 0 Å². The van der Waals surface area contributed by atoms with Gasteiger partial charge in [0.2, 0.25) is 11.8 Å². The van der Waals surface area contributed by atoms with Crippen LogP contribution in [0.4, 0.5) is 5.69 Å². The van der Waals surface area contributed by atoms with E-state index in [1.165, 1.54) is 0 Å². The third kappa shape index (κ3) is 5.79. The molecule has 3 aromatic rings. The third-order valence-electron chi connectivity index (χ3n) is 4.32. The second-order valence-electron chi connectivity index (χ2n) is 6.61. The number of nitrogens with zero attached hydrogens (tertiary/aromatic N) is 1. The van der Waals surface area contributed by atoms with Crippen molar-refractivity contribution in [2.24, 2.45) is 5.73 Å². The molecule has 5 heteroatoms. The van der Waals surface area contributed by atoms with Crippen LogP contribution in [-0.2, 0) is 17.9 Å². The SMILES string of the molecule is NC(=O)c1ccc(NC(=O)CN(Cc2ccccc2)Cc2ccccc2)cc1. The van der Waals surface area contributed by atoms with Gasteiger partial charge in [-0.3, -0.25) is 14.5 Å². The number of carbonyl (C=O) groups excluding carboxylic acids is 2. The molecule has 2 amide bonds. The topological polar surface area (TPSA) is 75.4 Å². The Hall–Kier alpha value is -3.44. The Balaban J connectivity index is 1.67. The number of hydrogen-bond donors (Lipinski definition) is 2. The Bertz CT molecular complexity index is 868. The first-order valence-electron chi connectivity index (χ1n) is 9.10. The molecule has 28 heavy (non-hydrogen) atoms. The van der Waals surface area contributed by atoms with E-state index in [9.17, 15) is 9.59 Å². The van der Waals surface area contributed by atoms with Crippen molar-refractivity contribution < 1.29 is 9.59 Å². The summed E-state index contributed by atoms with van der Waals surface area (Å²) in [5.41, 5.74) is 8.59. The van der Waals surface area contributed by atoms with Gasteiger partial charge in [0.15, 0.2) is 0 Å². The zero-order chi connectivity index (χ0) is 19.8. The largest absolute Gasteiger partial charge is 0.366 e. The van der Waals surface area contributed by atoms with E-state index >= 15 is 0 Å². The number of anilines is 1. The number of hydrogen-bond acceptors (Lipinski definition) is 3. The van der Waals surface area contributed by atoms with Gasteiger partial charge in [0.05, 0.1) is 6.54 Å². The van der Waals surface area contributed by atoms with Gasteiger partial charge in [-0.25, -0.2) is 0 Å². The maximum atomic E-state index is 12.6. The lowest BCUT2D eigenvalue weighted by Crippen LogP contribution is -2.32. The van der Waals surface area contributed by atoms with Crippen molar-refractivity contribution in [2.45, 2.75) is 13.1 Å². The Labute approximate surface area is 164 Å². The number of nitrogens with two attached hydrogens (primary N) is 1. The van der Waals surface area contributed by atoms with E-state index in [1.807, 2.05) is 36.4 Å². The second-order valence-corrected chi connectivity index (χ2v) is 6.61. The normalized spacial score (nSPS) is 10.6. The van der Waals surface area contributed by atoms with Crippen LogP contribution in [0.25, 0.3) is 0 Å². The first kappa shape index (κ1) is 19.3. The summed E-state index contributed by atoms with van der Waals surface area (Å²) >= 11 is 0. The van der Waals surface area contributed by atoms with Gasteiger partial charge in [0.1, 0.15) is 0 Å². The van der Waals surface area contributed by atoms with Crippen LogP contribution in [0.1, 0.15) is 21.5 Å². The molecule has 0 spiro atoms. The molecule has 0 unspecified atom stereocenters. The Morgan fingerprint density at radius 2 is 1.25 bits per heavy atom. The summed E-state index contributed by atoms with van der Waals surface area (Å²) in [6.07, 6.45) is 0. The van der Waals surface area contributed by atoms with Gasteiger partial charge < -0.3 is 11.1 Å². The van der Waals surface area contributed by atoms with Crippen LogP contribution < -0.4 is 11.1 Å². The molecule has 0 aromatic heterocycles. The van der Waals surface area contributed by atoms with E-state index in [2.05, 4.69) is 34.5 Å². The highest BCUT2D eigenvalue weighted by atomic mass is 16.2. The van der Waals surface area contributed by atoms with Crippen LogP contribution in [0.3, 0.4) is 0 Å². The average Bonchev–Trinajstić information content (AvgIpc) is 2.70. The zero-order valence-corrected chi connectivity index (χ0v) is 15.5. The molecule has 0 saturated heterocycles. The average molecular weight is 373 g/mol. The fraction of sp³-hybridized carbons (Fsp3) is 0.130. The minimum Gasteiger partial charge on any atom is -0.366 e. The predicted octanol–water partition coefficient (Wildman–Crippen LogP) is 3.43. The van der Waals surface area contributed by atoms with Crippen molar-refractivity contribution in [3.05, 3.63) is 102 Å². The van der Waals surface area contributed by atoms with Gasteiger partial charge in [0, 0.05) is 24.3 Å². The predicted molar refractivity (Wildman–Crippen MR) is 111 cm³/mol. The summed E-state index contributed by atoms with van der Waals surface area (Å²) < 4.78 is 0. The molecule has 0 aliphatic rings. The molecule has 3 aromatic carbocycles. The lowest BCUT2D eigenvalue weighted by Gasteiger charge is -2.22. The summed E-state index contributed by atoms with van der Waals surface area (Å²) in [4.78, 5) is 25.8. The number of rotatable bonds is 8. The second kappa shape index (κ2) is 9.48. The van der Waals surface area contributed by atoms with Gasteiger partial charge in [-0.2, -0.15) is 0 Å². The van der Waals surface area contributed by atoms with Crippen molar-refractivity contribution >= 4 is 17.5 Å². The lowest BCUT2D eigenvalue weighted by molar-refractivity contribution is -0.117. The van der Waals surface area contributed by atoms with E-state index < -0.39 is 5.91 Å². The first-order valence-corrected chi connectivity index (χ1v) is 9.10. The number of primary amides is 1. The number of amides is 2. The number of carbonyl (C=O) groups is 2. The Kier molecular flexibility index (Phi) is 6.54. The minimum atomic E-state index is -0.491. The molecule has 5 nitrogen and oxygen atoms in total. The molecular weight excluding hydrogens is 350 g/mol. The van der Waals surface area contributed by atoms with E-state index in [4.69, 9.17) is 5.73 Å². The third-order valence-corrected chi connectivity index (χ3v) is 4.32.